The summed E-state index contributed by atoms with van der Waals surface area (Å²) in [6.07, 6.45) is -6.09. The maximum Gasteiger partial charge on any atom is 0.417 e. The number of aryl methyl sites for hydroxylation is 1. The highest BCUT2D eigenvalue weighted by atomic mass is 35.5. The zero-order chi connectivity index (χ0) is 23.9. The van der Waals surface area contributed by atoms with Crippen molar-refractivity contribution < 1.29 is 36.2 Å². The van der Waals surface area contributed by atoms with Gasteiger partial charge in [0, 0.05) is 19.5 Å². The molecule has 3 N–H and O–H groups in total. The summed E-state index contributed by atoms with van der Waals surface area (Å²) >= 11 is 5.48. The van der Waals surface area contributed by atoms with Crippen molar-refractivity contribution in [3.63, 3.8) is 0 Å². The van der Waals surface area contributed by atoms with E-state index in [0.29, 0.717) is 11.8 Å². The Hall–Kier alpha value is -2.34. The number of benzene rings is 2. The molecule has 0 radical (unpaired) electrons. The molecule has 0 aliphatic carbocycles. The van der Waals surface area contributed by atoms with Gasteiger partial charge < -0.3 is 15.2 Å². The van der Waals surface area contributed by atoms with Crippen molar-refractivity contribution in [1.29, 1.82) is 0 Å². The second kappa shape index (κ2) is 11.0. The van der Waals surface area contributed by atoms with Crippen molar-refractivity contribution in [1.82, 2.24) is 10.0 Å². The SMILES string of the molecule is Cc1cccc(OCC(O)CNC(=O)CCNS(=O)(=O)c2ccc(Cl)c(C(F)(F)F)c2)c1. The average molecular weight is 495 g/mol. The first kappa shape index (κ1) is 25.9. The maximum atomic E-state index is 12.9. The van der Waals surface area contributed by atoms with Crippen molar-refractivity contribution in [2.24, 2.45) is 0 Å². The first-order chi connectivity index (χ1) is 14.9. The second-order valence-corrected chi connectivity index (χ2v) is 9.05. The topological polar surface area (TPSA) is 105 Å². The van der Waals surface area contributed by atoms with Gasteiger partial charge in [-0.15, -0.1) is 0 Å². The number of ether oxygens (including phenoxy) is 1. The minimum Gasteiger partial charge on any atom is -0.491 e. The lowest BCUT2D eigenvalue weighted by Crippen LogP contribution is -2.37. The lowest BCUT2D eigenvalue weighted by atomic mass is 10.2. The van der Waals surface area contributed by atoms with E-state index in [4.69, 9.17) is 16.3 Å². The largest absolute Gasteiger partial charge is 0.491 e. The highest BCUT2D eigenvalue weighted by Gasteiger charge is 2.34. The van der Waals surface area contributed by atoms with Crippen molar-refractivity contribution in [2.45, 2.75) is 30.5 Å². The highest BCUT2D eigenvalue weighted by molar-refractivity contribution is 7.89. The number of alkyl halides is 3. The lowest BCUT2D eigenvalue weighted by molar-refractivity contribution is -0.137. The third-order valence-corrected chi connectivity index (χ3v) is 5.95. The molecule has 2 aromatic rings. The van der Waals surface area contributed by atoms with Crippen LogP contribution in [0.25, 0.3) is 0 Å². The first-order valence-corrected chi connectivity index (χ1v) is 11.3. The van der Waals surface area contributed by atoms with Gasteiger partial charge in [0.15, 0.2) is 0 Å². The summed E-state index contributed by atoms with van der Waals surface area (Å²) in [5.41, 5.74) is -0.289. The van der Waals surface area contributed by atoms with Crippen molar-refractivity contribution in [3.8, 4) is 5.75 Å². The third-order valence-electron chi connectivity index (χ3n) is 4.16. The van der Waals surface area contributed by atoms with Crippen LogP contribution in [-0.2, 0) is 21.0 Å². The van der Waals surface area contributed by atoms with Gasteiger partial charge >= 0.3 is 6.18 Å². The minimum absolute atomic E-state index is 0.0610. The van der Waals surface area contributed by atoms with E-state index in [-0.39, 0.29) is 26.1 Å². The predicted molar refractivity (Wildman–Crippen MR) is 112 cm³/mol. The Bertz CT molecular complexity index is 1050. The number of rotatable bonds is 10. The Balaban J connectivity index is 1.78. The lowest BCUT2D eigenvalue weighted by Gasteiger charge is -2.14. The van der Waals surface area contributed by atoms with Crippen molar-refractivity contribution in [2.75, 3.05) is 19.7 Å². The molecule has 0 aliphatic heterocycles. The van der Waals surface area contributed by atoms with E-state index in [1.165, 1.54) is 0 Å². The van der Waals surface area contributed by atoms with Crippen LogP contribution in [0.5, 0.6) is 5.75 Å². The number of carbonyl (C=O) groups is 1. The molecule has 0 fully saturated rings. The summed E-state index contributed by atoms with van der Waals surface area (Å²) in [4.78, 5) is 11.2. The van der Waals surface area contributed by atoms with Gasteiger partial charge in [-0.1, -0.05) is 23.7 Å². The highest BCUT2D eigenvalue weighted by Crippen LogP contribution is 2.35. The Labute approximate surface area is 188 Å². The van der Waals surface area contributed by atoms with Gasteiger partial charge in [-0.05, 0) is 42.8 Å². The Morgan fingerprint density at radius 1 is 1.22 bits per heavy atom. The van der Waals surface area contributed by atoms with Crippen LogP contribution in [0.3, 0.4) is 0 Å². The molecule has 0 heterocycles. The molecule has 0 spiro atoms. The Morgan fingerprint density at radius 3 is 2.59 bits per heavy atom. The number of hydrogen-bond donors (Lipinski definition) is 3. The van der Waals surface area contributed by atoms with E-state index in [0.717, 1.165) is 17.7 Å². The van der Waals surface area contributed by atoms with E-state index in [1.807, 2.05) is 13.0 Å². The molecule has 0 aliphatic rings. The quantitative estimate of drug-likeness (QED) is 0.471. The van der Waals surface area contributed by atoms with E-state index in [1.54, 1.807) is 18.2 Å². The molecule has 2 aromatic carbocycles. The van der Waals surface area contributed by atoms with Gasteiger partial charge in [0.05, 0.1) is 15.5 Å². The van der Waals surface area contributed by atoms with Crippen molar-refractivity contribution in [3.05, 3.63) is 58.6 Å². The van der Waals surface area contributed by atoms with Gasteiger partial charge in [-0.2, -0.15) is 13.2 Å². The van der Waals surface area contributed by atoms with Crippen LogP contribution >= 0.6 is 11.6 Å². The van der Waals surface area contributed by atoms with Gasteiger partial charge in [0.2, 0.25) is 15.9 Å². The predicted octanol–water partition coefficient (Wildman–Crippen LogP) is 2.89. The van der Waals surface area contributed by atoms with Crippen LogP contribution in [-0.4, -0.2) is 45.2 Å². The number of amides is 1. The number of nitrogens with one attached hydrogen (secondary N) is 2. The molecule has 2 rings (SSSR count). The summed E-state index contributed by atoms with van der Waals surface area (Å²) in [6, 6.07) is 9.40. The normalized spacial score (nSPS) is 12.9. The number of halogens is 4. The Morgan fingerprint density at radius 2 is 1.94 bits per heavy atom. The van der Waals surface area contributed by atoms with Crippen LogP contribution in [0.2, 0.25) is 5.02 Å². The molecular formula is C20H22ClF3N2O5S. The molecule has 0 saturated carbocycles. The summed E-state index contributed by atoms with van der Waals surface area (Å²) in [5.74, 6) is 0.00931. The zero-order valence-electron chi connectivity index (χ0n) is 16.9. The van der Waals surface area contributed by atoms with Gasteiger partial charge in [-0.3, -0.25) is 4.79 Å². The molecule has 1 amide bonds. The van der Waals surface area contributed by atoms with Crippen molar-refractivity contribution >= 4 is 27.5 Å². The fourth-order valence-electron chi connectivity index (χ4n) is 2.55. The first-order valence-electron chi connectivity index (χ1n) is 9.39. The number of carbonyl (C=O) groups excluding carboxylic acids is 1. The fraction of sp³-hybridized carbons (Fsp3) is 0.350. The third kappa shape index (κ3) is 7.97. The molecule has 7 nitrogen and oxygen atoms in total. The zero-order valence-corrected chi connectivity index (χ0v) is 18.5. The van der Waals surface area contributed by atoms with Crippen LogP contribution < -0.4 is 14.8 Å². The number of aliphatic hydroxyl groups excluding tert-OH is 1. The number of aliphatic hydroxyl groups is 1. The summed E-state index contributed by atoms with van der Waals surface area (Å²) in [5, 5.41) is 11.7. The summed E-state index contributed by atoms with van der Waals surface area (Å²) in [6.45, 7) is 1.35. The molecule has 1 atom stereocenters. The van der Waals surface area contributed by atoms with E-state index in [2.05, 4.69) is 10.0 Å². The van der Waals surface area contributed by atoms with Crippen LogP contribution in [0.4, 0.5) is 13.2 Å². The molecular weight excluding hydrogens is 473 g/mol. The smallest absolute Gasteiger partial charge is 0.417 e. The van der Waals surface area contributed by atoms with E-state index < -0.39 is 43.7 Å². The molecule has 176 valence electrons. The molecule has 32 heavy (non-hydrogen) atoms. The van der Waals surface area contributed by atoms with E-state index >= 15 is 0 Å². The fourth-order valence-corrected chi connectivity index (χ4v) is 3.83. The maximum absolute atomic E-state index is 12.9. The monoisotopic (exact) mass is 494 g/mol. The summed E-state index contributed by atoms with van der Waals surface area (Å²) in [7, 11) is -4.29. The second-order valence-electron chi connectivity index (χ2n) is 6.87. The molecule has 12 heteroatoms. The standard InChI is InChI=1S/C20H22ClF3N2O5S/c1-13-3-2-4-15(9-13)31-12-14(27)11-25-19(28)7-8-26-32(29,30)16-5-6-18(21)17(10-16)20(22,23)24/h2-6,9-10,14,26-27H,7-8,11-12H2,1H3,(H,25,28). The van der Waals surface area contributed by atoms with Crippen LogP contribution in [0.15, 0.2) is 47.4 Å². The average Bonchev–Trinajstić information content (AvgIpc) is 2.70. The van der Waals surface area contributed by atoms with Gasteiger partial charge in [0.1, 0.15) is 18.5 Å². The minimum atomic E-state index is -4.81. The Kier molecular flexibility index (Phi) is 8.90. The summed E-state index contributed by atoms with van der Waals surface area (Å²) < 4.78 is 70.6. The van der Waals surface area contributed by atoms with Crippen LogP contribution in [0, 0.1) is 6.92 Å². The number of hydrogen-bond acceptors (Lipinski definition) is 5. The van der Waals surface area contributed by atoms with Gasteiger partial charge in [-0.25, -0.2) is 13.1 Å². The molecule has 1 unspecified atom stereocenters. The van der Waals surface area contributed by atoms with Crippen LogP contribution in [0.1, 0.15) is 17.5 Å². The number of sulfonamides is 1. The van der Waals surface area contributed by atoms with Gasteiger partial charge in [0.25, 0.3) is 0 Å². The van der Waals surface area contributed by atoms with E-state index in [9.17, 15) is 31.5 Å². The molecule has 0 aromatic heterocycles. The molecule has 0 bridgehead atoms. The molecule has 0 saturated heterocycles.